The van der Waals surface area contributed by atoms with Crippen LogP contribution in [0.3, 0.4) is 0 Å². The molecule has 4 bridgehead atoms. The van der Waals surface area contributed by atoms with Crippen LogP contribution in [0.25, 0.3) is 11.3 Å². The Kier molecular flexibility index (Phi) is 5.60. The molecule has 0 radical (unpaired) electrons. The van der Waals surface area contributed by atoms with Crippen molar-refractivity contribution < 1.29 is 4.79 Å². The molecule has 5 heteroatoms. The van der Waals surface area contributed by atoms with E-state index in [0.717, 1.165) is 29.0 Å². The molecule has 0 spiro atoms. The van der Waals surface area contributed by atoms with Crippen molar-refractivity contribution in [1.82, 2.24) is 9.88 Å². The van der Waals surface area contributed by atoms with E-state index in [1.54, 1.807) is 0 Å². The summed E-state index contributed by atoms with van der Waals surface area (Å²) in [7, 11) is 0. The number of carbonyl (C=O) groups excluding carboxylic acids is 1. The maximum atomic E-state index is 13.0. The number of nitrogens with two attached hydrogens (primary N) is 1. The Balaban J connectivity index is 1.47. The molecule has 2 aromatic rings. The average Bonchev–Trinajstić information content (AvgIpc) is 3.16. The number of hydrogen-bond acceptors (Lipinski definition) is 2. The van der Waals surface area contributed by atoms with Crippen molar-refractivity contribution >= 4 is 11.9 Å². The van der Waals surface area contributed by atoms with E-state index in [4.69, 9.17) is 5.73 Å². The number of guanidine groups is 1. The summed E-state index contributed by atoms with van der Waals surface area (Å²) in [5.74, 6) is 3.09. The first-order valence-electron chi connectivity index (χ1n) is 12.3. The molecule has 4 fully saturated rings. The summed E-state index contributed by atoms with van der Waals surface area (Å²) >= 11 is 0. The third kappa shape index (κ3) is 4.10. The molecule has 6 rings (SSSR count). The standard InChI is InChI=1S/C27H36N4O/c1-18(2)16-29-26(28)30-25(32)17-31-23(22-6-4-3-5-7-22)8-9-24(31)27-13-19-10-20(14-27)12-21(11-19)15-27/h3-9,18-21H,10-17H2,1-2H3,(H3,28,29,30,32). The Hall–Kier alpha value is -2.56. The lowest BCUT2D eigenvalue weighted by atomic mass is 9.49. The van der Waals surface area contributed by atoms with Crippen LogP contribution >= 0.6 is 0 Å². The van der Waals surface area contributed by atoms with Crippen LogP contribution in [-0.4, -0.2) is 23.0 Å². The highest BCUT2D eigenvalue weighted by atomic mass is 16.2. The van der Waals surface area contributed by atoms with Crippen LogP contribution in [0.4, 0.5) is 0 Å². The molecule has 0 aliphatic heterocycles. The molecule has 0 saturated heterocycles. The second-order valence-electron chi connectivity index (χ2n) is 10.9. The minimum Gasteiger partial charge on any atom is -0.370 e. The molecule has 1 amide bonds. The highest BCUT2D eigenvalue weighted by Crippen LogP contribution is 2.61. The van der Waals surface area contributed by atoms with Crippen LogP contribution in [0.1, 0.15) is 58.1 Å². The minimum atomic E-state index is -0.102. The smallest absolute Gasteiger partial charge is 0.246 e. The predicted octanol–water partition coefficient (Wildman–Crippen LogP) is 4.71. The molecule has 1 aromatic carbocycles. The first-order chi connectivity index (χ1) is 15.4. The number of amides is 1. The summed E-state index contributed by atoms with van der Waals surface area (Å²) < 4.78 is 2.27. The van der Waals surface area contributed by atoms with E-state index in [1.165, 1.54) is 44.2 Å². The van der Waals surface area contributed by atoms with Crippen molar-refractivity contribution in [1.29, 1.82) is 0 Å². The Labute approximate surface area is 191 Å². The van der Waals surface area contributed by atoms with Crippen molar-refractivity contribution in [3.63, 3.8) is 0 Å². The molecular formula is C27H36N4O. The fourth-order valence-electron chi connectivity index (χ4n) is 7.03. The normalized spacial score (nSPS) is 29.0. The molecule has 4 aliphatic rings. The quantitative estimate of drug-likeness (QED) is 0.512. The molecule has 4 saturated carbocycles. The zero-order valence-corrected chi connectivity index (χ0v) is 19.4. The lowest BCUT2D eigenvalue weighted by molar-refractivity contribution is -0.120. The summed E-state index contributed by atoms with van der Waals surface area (Å²) in [6.45, 7) is 5.06. The van der Waals surface area contributed by atoms with E-state index in [1.807, 2.05) is 6.07 Å². The molecule has 0 atom stereocenters. The largest absolute Gasteiger partial charge is 0.370 e. The molecule has 0 unspecified atom stereocenters. The molecule has 1 heterocycles. The number of aliphatic imine (C=N–C) groups is 1. The number of benzene rings is 1. The molecule has 3 N–H and O–H groups in total. The molecular weight excluding hydrogens is 396 g/mol. The number of aromatic nitrogens is 1. The molecule has 5 nitrogen and oxygen atoms in total. The molecule has 1 aromatic heterocycles. The van der Waals surface area contributed by atoms with Crippen LogP contribution in [0, 0.1) is 23.7 Å². The highest BCUT2D eigenvalue weighted by Gasteiger charge is 2.52. The van der Waals surface area contributed by atoms with Gasteiger partial charge in [0, 0.05) is 23.3 Å². The summed E-state index contributed by atoms with van der Waals surface area (Å²) in [4.78, 5) is 17.3. The van der Waals surface area contributed by atoms with Gasteiger partial charge < -0.3 is 10.3 Å². The minimum absolute atomic E-state index is 0.102. The zero-order chi connectivity index (χ0) is 22.3. The Morgan fingerprint density at radius 3 is 2.28 bits per heavy atom. The number of nitrogens with zero attached hydrogens (tertiary/aromatic N) is 2. The fourth-order valence-corrected chi connectivity index (χ4v) is 7.03. The van der Waals surface area contributed by atoms with Gasteiger partial charge in [-0.2, -0.15) is 0 Å². The highest BCUT2D eigenvalue weighted by molar-refractivity contribution is 5.96. The molecule has 170 valence electrons. The van der Waals surface area contributed by atoms with Gasteiger partial charge in [0.1, 0.15) is 6.54 Å². The van der Waals surface area contributed by atoms with E-state index in [2.05, 4.69) is 65.1 Å². The maximum absolute atomic E-state index is 13.0. The van der Waals surface area contributed by atoms with E-state index in [0.29, 0.717) is 12.5 Å². The average molecular weight is 433 g/mol. The Bertz CT molecular complexity index is 969. The van der Waals surface area contributed by atoms with Gasteiger partial charge in [-0.15, -0.1) is 0 Å². The number of nitrogens with one attached hydrogen (secondary N) is 1. The van der Waals surface area contributed by atoms with Crippen LogP contribution in [-0.2, 0) is 16.8 Å². The van der Waals surface area contributed by atoms with Crippen LogP contribution in [0.2, 0.25) is 0 Å². The number of rotatable bonds is 6. The third-order valence-corrected chi connectivity index (χ3v) is 7.83. The molecule has 4 aliphatic carbocycles. The predicted molar refractivity (Wildman–Crippen MR) is 129 cm³/mol. The number of carbonyl (C=O) groups is 1. The van der Waals surface area contributed by atoms with E-state index >= 15 is 0 Å². The Morgan fingerprint density at radius 1 is 1.06 bits per heavy atom. The summed E-state index contributed by atoms with van der Waals surface area (Å²) in [6, 6.07) is 14.9. The van der Waals surface area contributed by atoms with Crippen LogP contribution in [0.5, 0.6) is 0 Å². The maximum Gasteiger partial charge on any atom is 0.246 e. The van der Waals surface area contributed by atoms with Gasteiger partial charge in [0.15, 0.2) is 5.96 Å². The fraction of sp³-hybridized carbons (Fsp3) is 0.556. The van der Waals surface area contributed by atoms with Gasteiger partial charge in [0.2, 0.25) is 5.91 Å². The summed E-state index contributed by atoms with van der Waals surface area (Å²) in [5.41, 5.74) is 9.83. The first kappa shape index (κ1) is 21.3. The topological polar surface area (TPSA) is 72.4 Å². The second-order valence-corrected chi connectivity index (χ2v) is 10.9. The van der Waals surface area contributed by atoms with Gasteiger partial charge in [-0.05, 0) is 79.9 Å². The summed E-state index contributed by atoms with van der Waals surface area (Å²) in [6.07, 6.45) is 8.06. The van der Waals surface area contributed by atoms with Crippen molar-refractivity contribution in [2.24, 2.45) is 34.4 Å². The second kappa shape index (κ2) is 8.42. The van der Waals surface area contributed by atoms with Crippen molar-refractivity contribution in [3.8, 4) is 11.3 Å². The van der Waals surface area contributed by atoms with Crippen LogP contribution in [0.15, 0.2) is 47.5 Å². The van der Waals surface area contributed by atoms with Crippen molar-refractivity contribution in [3.05, 3.63) is 48.2 Å². The van der Waals surface area contributed by atoms with E-state index < -0.39 is 0 Å². The lowest BCUT2D eigenvalue weighted by Gasteiger charge is -2.57. The van der Waals surface area contributed by atoms with Crippen molar-refractivity contribution in [2.75, 3.05) is 6.54 Å². The zero-order valence-electron chi connectivity index (χ0n) is 19.4. The Morgan fingerprint density at radius 2 is 1.69 bits per heavy atom. The molecule has 32 heavy (non-hydrogen) atoms. The van der Waals surface area contributed by atoms with Gasteiger partial charge in [-0.1, -0.05) is 44.2 Å². The van der Waals surface area contributed by atoms with Crippen molar-refractivity contribution in [2.45, 2.75) is 64.3 Å². The lowest BCUT2D eigenvalue weighted by Crippen LogP contribution is -2.49. The van der Waals surface area contributed by atoms with Gasteiger partial charge in [-0.25, -0.2) is 0 Å². The number of hydrogen-bond donors (Lipinski definition) is 2. The van der Waals surface area contributed by atoms with Crippen LogP contribution < -0.4 is 11.1 Å². The van der Waals surface area contributed by atoms with Gasteiger partial charge in [0.05, 0.1) is 0 Å². The van der Waals surface area contributed by atoms with E-state index in [-0.39, 0.29) is 23.8 Å². The van der Waals surface area contributed by atoms with Gasteiger partial charge >= 0.3 is 0 Å². The SMILES string of the molecule is CC(C)CN=C(N)NC(=O)Cn1c(-c2ccccc2)ccc1C12CC3CC(CC(C3)C1)C2. The van der Waals surface area contributed by atoms with Gasteiger partial charge in [0.25, 0.3) is 0 Å². The third-order valence-electron chi connectivity index (χ3n) is 7.83. The van der Waals surface area contributed by atoms with Gasteiger partial charge in [-0.3, -0.25) is 15.1 Å². The monoisotopic (exact) mass is 432 g/mol. The first-order valence-corrected chi connectivity index (χ1v) is 12.3. The summed E-state index contributed by atoms with van der Waals surface area (Å²) in [5, 5.41) is 2.82. The van der Waals surface area contributed by atoms with E-state index in [9.17, 15) is 4.79 Å².